The van der Waals surface area contributed by atoms with Gasteiger partial charge >= 0.3 is 11.9 Å². The molecular weight excluding hydrogens is 1460 g/mol. The molecule has 2 aliphatic carbocycles. The Morgan fingerprint density at radius 3 is 1.13 bits per heavy atom. The highest BCUT2D eigenvalue weighted by Gasteiger charge is 2.59. The number of nitrogens with zero attached hydrogens (tertiary/aromatic N) is 2. The van der Waals surface area contributed by atoms with Gasteiger partial charge in [-0.15, -0.1) is 0 Å². The smallest absolute Gasteiger partial charge is 0.329 e. The summed E-state index contributed by atoms with van der Waals surface area (Å²) in [5.41, 5.74) is 2.73. The van der Waals surface area contributed by atoms with Crippen molar-refractivity contribution in [1.82, 2.24) is 9.80 Å². The molecule has 0 aromatic rings. The van der Waals surface area contributed by atoms with Gasteiger partial charge in [0.05, 0.1) is 61.0 Å². The third-order valence-corrected chi connectivity index (χ3v) is 25.9. The Morgan fingerprint density at radius 2 is 0.796 bits per heavy atom. The summed E-state index contributed by atoms with van der Waals surface area (Å²) in [7, 11) is 9.04. The molecular formula is C87H138N2O24. The first-order valence-electron chi connectivity index (χ1n) is 41.3. The van der Waals surface area contributed by atoms with Crippen LogP contribution in [0.25, 0.3) is 0 Å². The lowest BCUT2D eigenvalue weighted by atomic mass is 9.81. The van der Waals surface area contributed by atoms with Crippen LogP contribution in [0.3, 0.4) is 0 Å². The Morgan fingerprint density at radius 1 is 0.460 bits per heavy atom. The van der Waals surface area contributed by atoms with Crippen LogP contribution in [0, 0.1) is 59.2 Å². The van der Waals surface area contributed by atoms with Gasteiger partial charge in [-0.3, -0.25) is 28.8 Å². The van der Waals surface area contributed by atoms with Crippen molar-refractivity contribution in [1.29, 1.82) is 0 Å². The van der Waals surface area contributed by atoms with Crippen molar-refractivity contribution in [3.05, 3.63) is 58.7 Å². The first-order valence-corrected chi connectivity index (χ1v) is 41.3. The average Bonchev–Trinajstić information content (AvgIpc) is 1.03. The Balaban J connectivity index is 0.0000177. The minimum atomic E-state index is -2.63. The van der Waals surface area contributed by atoms with Crippen LogP contribution >= 0.6 is 0 Å². The molecule has 6 heterocycles. The molecule has 113 heavy (non-hydrogen) atoms. The molecule has 6 N–H and O–H groups in total. The van der Waals surface area contributed by atoms with E-state index in [4.69, 9.17) is 47.4 Å². The number of Topliss-reactive ketones (excluding diaryl/α,β-unsaturated/α-hetero) is 4. The lowest BCUT2D eigenvalue weighted by Crippen LogP contribution is -2.64. The molecule has 0 aromatic carbocycles. The predicted molar refractivity (Wildman–Crippen MR) is 421 cm³/mol. The lowest BCUT2D eigenvalue weighted by molar-refractivity contribution is -0.302. The van der Waals surface area contributed by atoms with E-state index in [9.17, 15) is 59.4 Å². The molecule has 0 radical (unpaired) electrons. The standard InChI is InChI=1S/C86H134N2O24.CH4/c1-47-33-49(3)37-71(105-13)77-73(107-15)41-53(7)85(101,111-77)79(95)81(97)87-31-21-19-25-61(87)83(99)109-75(51(5)39-57-27-29-63(89)69(43-57)103-11)55(9)65(91)45-67(93)59(35-47)23-17-18-24-60-36-48(2)34-50(4)38-72(106-14)78-74(108-16)42-54(8)86(102,112-78)80(96)82(98)88-32-22-20-26-62(88)84(100)110-76(56(10)66(92)46-68(60)94)52(6)40-58-28-30-64(90)70(44-58)104-12;/h17-18,35-36,39-40,49-50,53-66,69-78,89-92,101-102H,19-34,37-38,41-46H2,1-16H3;1H4/b18-17+,47-35+,48-36+,51-39+,52-40+;/t49-,50-,53+,54+,55+,56+,57-,58-,59+,60+,61-,62-,63+,64+,65-,66-,69+,70+,71-,72-,73-,74-,75+,76+,77+,78+,85+,86+;/m0./s1. The number of piperidine rings is 2. The molecule has 8 rings (SSSR count). The van der Waals surface area contributed by atoms with E-state index in [0.29, 0.717) is 101 Å². The van der Waals surface area contributed by atoms with Crippen LogP contribution in [-0.2, 0) is 85.7 Å². The molecule has 4 bridgehead atoms. The van der Waals surface area contributed by atoms with E-state index in [-0.39, 0.29) is 107 Å². The van der Waals surface area contributed by atoms with Gasteiger partial charge in [0.2, 0.25) is 11.6 Å². The van der Waals surface area contributed by atoms with Gasteiger partial charge in [0.1, 0.15) is 48.1 Å². The summed E-state index contributed by atoms with van der Waals surface area (Å²) in [6, 6.07) is -2.54. The van der Waals surface area contributed by atoms with Crippen LogP contribution in [0.1, 0.15) is 218 Å². The number of methoxy groups -OCH3 is 6. The second-order valence-electron chi connectivity index (χ2n) is 34.4. The van der Waals surface area contributed by atoms with Crippen molar-refractivity contribution in [2.45, 2.75) is 327 Å². The van der Waals surface area contributed by atoms with Crippen molar-refractivity contribution < 1.29 is 116 Å². The minimum absolute atomic E-state index is 0. The van der Waals surface area contributed by atoms with Crippen LogP contribution in [-0.4, -0.2) is 252 Å². The molecule has 640 valence electrons. The highest BCUT2D eigenvalue weighted by Crippen LogP contribution is 2.43. The summed E-state index contributed by atoms with van der Waals surface area (Å²) in [6.07, 6.45) is 5.17. The maximum absolute atomic E-state index is 15.3. The number of rotatable bonds is 14. The third kappa shape index (κ3) is 23.4. The second-order valence-corrected chi connectivity index (χ2v) is 34.4. The van der Waals surface area contributed by atoms with Crippen molar-refractivity contribution in [2.24, 2.45) is 59.2 Å². The van der Waals surface area contributed by atoms with Crippen molar-refractivity contribution in [3.63, 3.8) is 0 Å². The molecule has 6 aliphatic heterocycles. The van der Waals surface area contributed by atoms with Crippen molar-refractivity contribution in [2.75, 3.05) is 55.7 Å². The van der Waals surface area contributed by atoms with Gasteiger partial charge in [-0.1, -0.05) is 96.6 Å². The van der Waals surface area contributed by atoms with Gasteiger partial charge in [0.25, 0.3) is 23.4 Å². The van der Waals surface area contributed by atoms with Crippen molar-refractivity contribution in [3.8, 4) is 0 Å². The number of esters is 2. The van der Waals surface area contributed by atoms with E-state index in [2.05, 4.69) is 0 Å². The molecule has 26 heteroatoms. The zero-order chi connectivity index (χ0) is 82.4. The van der Waals surface area contributed by atoms with Gasteiger partial charge in [-0.2, -0.15) is 0 Å². The average molecular weight is 1600 g/mol. The summed E-state index contributed by atoms with van der Waals surface area (Å²) < 4.78 is 61.2. The fourth-order valence-corrected chi connectivity index (χ4v) is 19.0. The third-order valence-electron chi connectivity index (χ3n) is 25.9. The fraction of sp³-hybridized carbons (Fsp3) is 0.793. The highest BCUT2D eigenvalue weighted by molar-refractivity contribution is 6.39. The molecule has 2 saturated carbocycles. The number of carbonyl (C=O) groups excluding carboxylic acids is 8. The number of cyclic esters (lactones) is 2. The monoisotopic (exact) mass is 1590 g/mol. The van der Waals surface area contributed by atoms with Gasteiger partial charge in [0.15, 0.2) is 0 Å². The molecule has 6 fully saturated rings. The Bertz CT molecular complexity index is 3160. The topological polar surface area (TPSA) is 357 Å². The van der Waals surface area contributed by atoms with Crippen molar-refractivity contribution >= 4 is 46.9 Å². The molecule has 0 spiro atoms. The van der Waals surface area contributed by atoms with Crippen LogP contribution < -0.4 is 0 Å². The number of ketones is 4. The largest absolute Gasteiger partial charge is 0.456 e. The first-order chi connectivity index (χ1) is 53.1. The van der Waals surface area contributed by atoms with Crippen LogP contribution in [0.15, 0.2) is 58.7 Å². The Hall–Kier alpha value is -5.30. The van der Waals surface area contributed by atoms with Gasteiger partial charge in [0, 0.05) is 104 Å². The molecule has 8 aliphatic rings. The first kappa shape index (κ1) is 94.8. The number of amides is 2. The fourth-order valence-electron chi connectivity index (χ4n) is 19.0. The van der Waals surface area contributed by atoms with Gasteiger partial charge in [-0.05, 0) is 191 Å². The highest BCUT2D eigenvalue weighted by atomic mass is 16.7. The number of hydrogen-bond acceptors (Lipinski definition) is 24. The number of aliphatic hydroxyl groups excluding tert-OH is 4. The summed E-state index contributed by atoms with van der Waals surface area (Å²) in [6.45, 7) is 17.9. The summed E-state index contributed by atoms with van der Waals surface area (Å²) >= 11 is 0. The number of hydrogen-bond donors (Lipinski definition) is 6. The van der Waals surface area contributed by atoms with E-state index in [1.807, 2.05) is 64.2 Å². The number of allylic oxidation sites excluding steroid dienone is 8. The Labute approximate surface area is 670 Å². The summed E-state index contributed by atoms with van der Waals surface area (Å²) in [4.78, 5) is 122. The molecule has 28 atom stereocenters. The van der Waals surface area contributed by atoms with E-state index in [0.717, 1.165) is 20.9 Å². The number of aliphatic hydroxyl groups is 6. The predicted octanol–water partition coefficient (Wildman–Crippen LogP) is 9.11. The molecule has 4 saturated heterocycles. The maximum Gasteiger partial charge on any atom is 0.329 e. The van der Waals surface area contributed by atoms with Crippen LogP contribution in [0.4, 0.5) is 0 Å². The molecule has 2 amide bonds. The number of fused-ring (bicyclic) bond motifs is 6. The molecule has 26 nitrogen and oxygen atoms in total. The zero-order valence-electron chi connectivity index (χ0n) is 69.4. The zero-order valence-corrected chi connectivity index (χ0v) is 69.4. The lowest BCUT2D eigenvalue weighted by Gasteiger charge is -2.47. The van der Waals surface area contributed by atoms with Gasteiger partial charge in [-0.25, -0.2) is 9.59 Å². The minimum Gasteiger partial charge on any atom is -0.456 e. The molecule has 0 aromatic heterocycles. The van der Waals surface area contributed by atoms with Gasteiger partial charge < -0.3 is 87.8 Å². The molecule has 0 unspecified atom stereocenters. The van der Waals surface area contributed by atoms with E-state index in [1.54, 1.807) is 41.5 Å². The SMILES string of the molecule is C.CO[C@H]1C[C@@H](C)C/C(C)=C/[C@@H](C/C=C/C[C@@H]2/C=C(\C)C[C@H](C)C[C@H](OC)[C@H]3O[C@@](O)(C(=O)C(=O)N4CCCC[C@H]4C(=O)O[C@H](/C(C)=C/[C@@H]4CC[C@@H](O)[C@H](OC)C4)[C@H](C)[C@@H](O)CC2=O)[C@H](C)C[C@@H]3OC)C(=O)C[C@H](O)[C@@H](C)[C@@H](/C(C)=C/[C@@H]2CC[C@@H](O)[C@H](OC)C2)OC(=O)[C@@H]2CCCCN2C(=O)C(=O)[C@]2(O)O[C@H]1[C@@H](OC)C[C@H]2C. The number of carbonyl (C=O) groups is 8. The van der Waals surface area contributed by atoms with E-state index in [1.165, 1.54) is 42.7 Å². The quantitative estimate of drug-likeness (QED) is 0.0536. The van der Waals surface area contributed by atoms with Crippen LogP contribution in [0.2, 0.25) is 0 Å². The maximum atomic E-state index is 15.3. The normalized spacial score (nSPS) is 41.4. The van der Waals surface area contributed by atoms with E-state index < -0.39 is 180 Å². The van der Waals surface area contributed by atoms with E-state index >= 15 is 9.59 Å². The second kappa shape index (κ2) is 42.9. The van der Waals surface area contributed by atoms with Crippen LogP contribution in [0.5, 0.6) is 0 Å². The summed E-state index contributed by atoms with van der Waals surface area (Å²) in [5.74, 6) is -18.4. The summed E-state index contributed by atoms with van der Waals surface area (Å²) in [5, 5.41) is 71.5. The Kier molecular flexibility index (Phi) is 36.0. The number of ether oxygens (including phenoxy) is 10.